The zero-order chi connectivity index (χ0) is 29.6. The van der Waals surface area contributed by atoms with Gasteiger partial charge in [0.2, 0.25) is 5.79 Å². The Labute approximate surface area is 255 Å². The normalized spacial score (nSPS) is 35.4. The first kappa shape index (κ1) is 29.6. The molecule has 1 amide bonds. The van der Waals surface area contributed by atoms with Crippen molar-refractivity contribution >= 4 is 41.0 Å². The van der Waals surface area contributed by atoms with Crippen LogP contribution in [0.25, 0.3) is 6.08 Å². The van der Waals surface area contributed by atoms with Crippen LogP contribution < -0.4 is 10.1 Å². The maximum Gasteiger partial charge on any atom is 0.259 e. The van der Waals surface area contributed by atoms with Crippen molar-refractivity contribution in [2.24, 2.45) is 23.7 Å². The Kier molecular flexibility index (Phi) is 8.15. The summed E-state index contributed by atoms with van der Waals surface area (Å²) in [6.45, 7) is 6.02. The number of allylic oxidation sites excluding steroid dienone is 1. The van der Waals surface area contributed by atoms with E-state index in [4.69, 9.17) is 47.2 Å². The number of ether oxygens (including phenoxy) is 3. The molecule has 7 rings (SSSR count). The summed E-state index contributed by atoms with van der Waals surface area (Å²) in [5.74, 6) is -0.131. The predicted molar refractivity (Wildman–Crippen MR) is 157 cm³/mol. The molecule has 0 aromatic heterocycles. The Bertz CT molecular complexity index is 1360. The number of hydrogen-bond acceptors (Lipinski definition) is 7. The van der Waals surface area contributed by atoms with Crippen molar-refractivity contribution < 1.29 is 33.6 Å². The van der Waals surface area contributed by atoms with Crippen LogP contribution in [0.2, 0.25) is 10.0 Å². The third-order valence-corrected chi connectivity index (χ3v) is 10.0. The molecule has 8 atom stereocenters. The van der Waals surface area contributed by atoms with E-state index in [1.807, 2.05) is 6.92 Å². The minimum absolute atomic E-state index is 0.0196. The number of rotatable bonds is 7. The minimum Gasteiger partial charge on any atom is -0.484 e. The van der Waals surface area contributed by atoms with E-state index >= 15 is 0 Å². The molecule has 1 N–H and O–H groups in total. The van der Waals surface area contributed by atoms with Gasteiger partial charge in [-0.2, -0.15) is 0 Å². The molecule has 1 spiro atoms. The number of benzene rings is 2. The average molecular weight is 617 g/mol. The van der Waals surface area contributed by atoms with E-state index in [1.165, 1.54) is 6.08 Å². The van der Waals surface area contributed by atoms with Gasteiger partial charge in [-0.3, -0.25) is 9.59 Å². The molecule has 8 nitrogen and oxygen atoms in total. The van der Waals surface area contributed by atoms with Crippen LogP contribution in [-0.4, -0.2) is 42.2 Å². The first-order valence-electron chi connectivity index (χ1n) is 14.5. The number of halogens is 2. The van der Waals surface area contributed by atoms with Crippen molar-refractivity contribution in [2.45, 2.75) is 70.4 Å². The lowest BCUT2D eigenvalue weighted by molar-refractivity contribution is -0.571. The van der Waals surface area contributed by atoms with Crippen LogP contribution in [0.1, 0.15) is 62.4 Å². The molecule has 0 radical (unpaired) electrons. The molecule has 1 aliphatic carbocycles. The second-order valence-electron chi connectivity index (χ2n) is 12.0. The van der Waals surface area contributed by atoms with Gasteiger partial charge in [0.15, 0.2) is 24.3 Å². The monoisotopic (exact) mass is 615 g/mol. The van der Waals surface area contributed by atoms with E-state index in [2.05, 4.69) is 19.2 Å². The molecule has 5 aliphatic rings. The summed E-state index contributed by atoms with van der Waals surface area (Å²) in [4.78, 5) is 37.6. The van der Waals surface area contributed by atoms with Crippen molar-refractivity contribution in [3.05, 3.63) is 69.7 Å². The highest BCUT2D eigenvalue weighted by Crippen LogP contribution is 2.60. The molecule has 4 heterocycles. The molecule has 2 aromatic carbocycles. The highest BCUT2D eigenvalue weighted by atomic mass is 35.5. The quantitative estimate of drug-likeness (QED) is 0.213. The smallest absolute Gasteiger partial charge is 0.259 e. The molecule has 2 aromatic rings. The van der Waals surface area contributed by atoms with Gasteiger partial charge in [0.1, 0.15) is 12.0 Å². The fourth-order valence-electron chi connectivity index (χ4n) is 7.06. The number of amides is 1. The average Bonchev–Trinajstić information content (AvgIpc) is 3.20. The highest BCUT2D eigenvalue weighted by Gasteiger charge is 2.69. The number of carbonyl (C=O) groups is 2. The highest BCUT2D eigenvalue weighted by molar-refractivity contribution is 6.37. The summed E-state index contributed by atoms with van der Waals surface area (Å²) in [6, 6.07) is 11.7. The Balaban J connectivity index is 1.06. The van der Waals surface area contributed by atoms with Gasteiger partial charge < -0.3 is 19.5 Å². The Morgan fingerprint density at radius 1 is 1.02 bits per heavy atom. The molecule has 4 saturated heterocycles. The van der Waals surface area contributed by atoms with E-state index in [0.717, 1.165) is 25.7 Å². The van der Waals surface area contributed by atoms with Crippen molar-refractivity contribution in [3.8, 4) is 5.75 Å². The van der Waals surface area contributed by atoms with Crippen molar-refractivity contribution in [1.29, 1.82) is 0 Å². The fraction of sp³-hybridized carbons (Fsp3) is 0.500. The molecule has 224 valence electrons. The largest absolute Gasteiger partial charge is 0.484 e. The first-order valence-corrected chi connectivity index (χ1v) is 15.2. The topological polar surface area (TPSA) is 92.3 Å². The standard InChI is InChI=1S/C32H35Cl2NO7/c1-18-7-13-24-19(2)29(39-30-32(24)23(18)15-16-31(3,40-30)41-42-32)35-28(37)17-38-21-10-8-20(9-11-21)27(36)14-12-22-25(33)5-4-6-26(22)34/h4-6,8-12,14,18-19,23-24,29-30H,7,13,15-17H2,1-3H3,(H,35,37)/b14-12+/t18-,19-,23+,24+,29+,30-,31-,32-/m1/s1. The lowest BCUT2D eigenvalue weighted by atomic mass is 9.58. The number of carbonyl (C=O) groups excluding carboxylic acids is 2. The summed E-state index contributed by atoms with van der Waals surface area (Å²) >= 11 is 12.3. The fourth-order valence-corrected chi connectivity index (χ4v) is 7.58. The number of hydrogen-bond donors (Lipinski definition) is 1. The lowest BCUT2D eigenvalue weighted by Gasteiger charge is -2.60. The van der Waals surface area contributed by atoms with Crippen LogP contribution in [0.5, 0.6) is 5.75 Å². The van der Waals surface area contributed by atoms with Crippen LogP contribution in [-0.2, 0) is 24.0 Å². The van der Waals surface area contributed by atoms with Crippen LogP contribution in [0.3, 0.4) is 0 Å². The zero-order valence-corrected chi connectivity index (χ0v) is 25.3. The second-order valence-corrected chi connectivity index (χ2v) is 12.9. The van der Waals surface area contributed by atoms with Crippen LogP contribution in [0.4, 0.5) is 0 Å². The van der Waals surface area contributed by atoms with Gasteiger partial charge in [-0.15, -0.1) is 0 Å². The van der Waals surface area contributed by atoms with Crippen LogP contribution in [0.15, 0.2) is 48.5 Å². The van der Waals surface area contributed by atoms with E-state index in [0.29, 0.717) is 32.8 Å². The maximum atomic E-state index is 13.0. The summed E-state index contributed by atoms with van der Waals surface area (Å²) in [5, 5.41) is 3.92. The number of ketones is 1. The first-order chi connectivity index (χ1) is 20.1. The van der Waals surface area contributed by atoms with E-state index in [1.54, 1.807) is 48.5 Å². The van der Waals surface area contributed by atoms with E-state index < -0.39 is 23.9 Å². The predicted octanol–water partition coefficient (Wildman–Crippen LogP) is 6.59. The van der Waals surface area contributed by atoms with Gasteiger partial charge >= 0.3 is 0 Å². The van der Waals surface area contributed by atoms with Crippen molar-refractivity contribution in [1.82, 2.24) is 5.32 Å². The van der Waals surface area contributed by atoms with Gasteiger partial charge in [0.05, 0.1) is 0 Å². The van der Waals surface area contributed by atoms with Crippen LogP contribution in [0, 0.1) is 23.7 Å². The Hall–Kier alpha value is -2.46. The van der Waals surface area contributed by atoms with Crippen molar-refractivity contribution in [2.75, 3.05) is 6.61 Å². The van der Waals surface area contributed by atoms with E-state index in [9.17, 15) is 9.59 Å². The van der Waals surface area contributed by atoms with Gasteiger partial charge in [-0.1, -0.05) is 43.1 Å². The van der Waals surface area contributed by atoms with Gasteiger partial charge in [0, 0.05) is 39.4 Å². The van der Waals surface area contributed by atoms with E-state index in [-0.39, 0.29) is 36.1 Å². The zero-order valence-electron chi connectivity index (χ0n) is 23.8. The number of fused-ring (bicyclic) bond motifs is 2. The molecule has 10 heteroatoms. The maximum absolute atomic E-state index is 13.0. The summed E-state index contributed by atoms with van der Waals surface area (Å²) in [5.41, 5.74) is 0.360. The molecule has 2 bridgehead atoms. The SMILES string of the molecule is C[C@H]1[C@@H](NC(=O)COc2ccc(C(=O)/C=C/c3c(Cl)cccc3Cl)cc2)O[C@@H]2O[C@@]3(C)CC[C@H]4[C@H](C)CC[C@@H]1[C@@]24OO3. The molecular formula is C32H35Cl2NO7. The van der Waals surface area contributed by atoms with Gasteiger partial charge in [0.25, 0.3) is 5.91 Å². The molecule has 0 unspecified atom stereocenters. The minimum atomic E-state index is -0.874. The summed E-state index contributed by atoms with van der Waals surface area (Å²) in [7, 11) is 0. The second kappa shape index (κ2) is 11.6. The molecule has 42 heavy (non-hydrogen) atoms. The van der Waals surface area contributed by atoms with Crippen LogP contribution >= 0.6 is 23.2 Å². The third-order valence-electron chi connectivity index (χ3n) is 9.37. The van der Waals surface area contributed by atoms with Gasteiger partial charge in [-0.25, -0.2) is 9.78 Å². The summed E-state index contributed by atoms with van der Waals surface area (Å²) in [6.07, 6.45) is 5.52. The third kappa shape index (κ3) is 5.38. The molecular weight excluding hydrogens is 581 g/mol. The molecule has 1 saturated carbocycles. The number of nitrogens with one attached hydrogen (secondary N) is 1. The molecule has 4 aliphatic heterocycles. The van der Waals surface area contributed by atoms with Crippen molar-refractivity contribution in [3.63, 3.8) is 0 Å². The Morgan fingerprint density at radius 2 is 1.76 bits per heavy atom. The molecule has 5 fully saturated rings. The summed E-state index contributed by atoms with van der Waals surface area (Å²) < 4.78 is 18.5. The Morgan fingerprint density at radius 3 is 2.50 bits per heavy atom. The lowest BCUT2D eigenvalue weighted by Crippen LogP contribution is -2.72. The van der Waals surface area contributed by atoms with Gasteiger partial charge in [-0.05, 0) is 86.6 Å².